The number of benzene rings is 3. The molecule has 3 aromatic rings. The van der Waals surface area contributed by atoms with Crippen molar-refractivity contribution >= 4 is 5.69 Å². The zero-order chi connectivity index (χ0) is 26.8. The monoisotopic (exact) mass is 524 g/mol. The Bertz CT molecular complexity index is 1190. The molecule has 206 valence electrons. The van der Waals surface area contributed by atoms with Gasteiger partial charge in [-0.3, -0.25) is 4.90 Å². The molecule has 3 aliphatic heterocycles. The molecule has 1 unspecified atom stereocenters. The summed E-state index contributed by atoms with van der Waals surface area (Å²) in [5, 5.41) is 3.62. The lowest BCUT2D eigenvalue weighted by Crippen LogP contribution is -2.47. The van der Waals surface area contributed by atoms with Gasteiger partial charge in [-0.1, -0.05) is 60.7 Å². The molecular weight excluding hydrogens is 480 g/mol. The Labute approximate surface area is 234 Å². The van der Waals surface area contributed by atoms with E-state index in [0.29, 0.717) is 0 Å². The minimum absolute atomic E-state index is 0.00903. The van der Waals surface area contributed by atoms with E-state index in [1.807, 2.05) is 0 Å². The Morgan fingerprint density at radius 3 is 2.28 bits per heavy atom. The number of likely N-dealkylation sites (tertiary alicyclic amines) is 1. The number of rotatable bonds is 9. The Balaban J connectivity index is 0.977. The molecule has 1 N–H and O–H groups in total. The lowest BCUT2D eigenvalue weighted by molar-refractivity contribution is 0.0431. The van der Waals surface area contributed by atoms with Gasteiger partial charge >= 0.3 is 0 Å². The van der Waals surface area contributed by atoms with E-state index >= 15 is 0 Å². The van der Waals surface area contributed by atoms with E-state index < -0.39 is 0 Å². The number of nitrogens with zero attached hydrogens (tertiary/aromatic N) is 1. The molecular formula is C35H44N2O2. The lowest BCUT2D eigenvalue weighted by atomic mass is 9.89. The van der Waals surface area contributed by atoms with Gasteiger partial charge in [-0.15, -0.1) is 0 Å². The summed E-state index contributed by atoms with van der Waals surface area (Å²) in [7, 11) is 0. The zero-order valence-electron chi connectivity index (χ0n) is 24.0. The molecule has 1 fully saturated rings. The number of fused-ring (bicyclic) bond motifs is 2. The molecule has 0 amide bonds. The van der Waals surface area contributed by atoms with Crippen molar-refractivity contribution in [2.45, 2.75) is 71.0 Å². The van der Waals surface area contributed by atoms with E-state index in [-0.39, 0.29) is 11.7 Å². The molecule has 0 saturated carbocycles. The van der Waals surface area contributed by atoms with Crippen LogP contribution in [0.4, 0.5) is 5.69 Å². The van der Waals surface area contributed by atoms with Crippen molar-refractivity contribution in [1.29, 1.82) is 0 Å². The van der Waals surface area contributed by atoms with Gasteiger partial charge in [-0.2, -0.15) is 0 Å². The molecule has 4 heteroatoms. The molecule has 3 aliphatic rings. The Hall–Kier alpha value is -2.82. The molecule has 6 rings (SSSR count). The Morgan fingerprint density at radius 1 is 0.949 bits per heavy atom. The van der Waals surface area contributed by atoms with E-state index in [0.717, 1.165) is 44.9 Å². The third-order valence-corrected chi connectivity index (χ3v) is 9.28. The van der Waals surface area contributed by atoms with Crippen molar-refractivity contribution in [3.05, 3.63) is 94.0 Å². The summed E-state index contributed by atoms with van der Waals surface area (Å²) < 4.78 is 13.2. The van der Waals surface area contributed by atoms with Crippen LogP contribution in [0.25, 0.3) is 0 Å². The maximum Gasteiger partial charge on any atom is 0.127 e. The Kier molecular flexibility index (Phi) is 7.68. The van der Waals surface area contributed by atoms with Gasteiger partial charge in [0.2, 0.25) is 0 Å². The minimum Gasteiger partial charge on any atom is -0.485 e. The van der Waals surface area contributed by atoms with E-state index in [4.69, 9.17) is 9.47 Å². The summed E-state index contributed by atoms with van der Waals surface area (Å²) in [5.74, 6) is 1.97. The third-order valence-electron chi connectivity index (χ3n) is 9.28. The molecule has 0 aromatic heterocycles. The van der Waals surface area contributed by atoms with E-state index in [1.165, 1.54) is 77.2 Å². The molecule has 1 atom stereocenters. The minimum atomic E-state index is -0.127. The fourth-order valence-electron chi connectivity index (χ4n) is 7.18. The standard InChI is InChI=1S/C35H44N2O2/c1-25-31-23-35(3,39-33(31)26(2)30-16-19-36-32(25)30)24-37-20-17-27(18-21-37)11-10-22-38-34(28-12-6-4-7-13-28)29-14-8-5-9-15-29/h4-9,12-15,27,34,36H,10-11,16-24H2,1-3H3. The SMILES string of the molecule is Cc1c2c(c(C)c3c1NCC3)OC(C)(CN1CCC(CCCOC(c3ccccc3)c3ccccc3)CC1)C2. The predicted octanol–water partition coefficient (Wildman–Crippen LogP) is 7.26. The molecule has 0 bridgehead atoms. The largest absolute Gasteiger partial charge is 0.485 e. The van der Waals surface area contributed by atoms with Crippen LogP contribution in [0.15, 0.2) is 60.7 Å². The number of hydrogen-bond donors (Lipinski definition) is 1. The van der Waals surface area contributed by atoms with Crippen LogP contribution in [-0.2, 0) is 17.6 Å². The average molecular weight is 525 g/mol. The zero-order valence-corrected chi connectivity index (χ0v) is 24.0. The molecule has 0 spiro atoms. The summed E-state index contributed by atoms with van der Waals surface area (Å²) in [5.41, 5.74) is 9.39. The van der Waals surface area contributed by atoms with E-state index in [2.05, 4.69) is 91.7 Å². The number of ether oxygens (including phenoxy) is 2. The van der Waals surface area contributed by atoms with Gasteiger partial charge in [0.25, 0.3) is 0 Å². The molecule has 4 nitrogen and oxygen atoms in total. The number of hydrogen-bond acceptors (Lipinski definition) is 4. The molecule has 3 heterocycles. The van der Waals surface area contributed by atoms with Crippen molar-refractivity contribution < 1.29 is 9.47 Å². The van der Waals surface area contributed by atoms with Gasteiger partial charge in [0, 0.05) is 37.4 Å². The van der Waals surface area contributed by atoms with Crippen LogP contribution in [0, 0.1) is 19.8 Å². The van der Waals surface area contributed by atoms with Crippen molar-refractivity contribution in [2.24, 2.45) is 5.92 Å². The van der Waals surface area contributed by atoms with Crippen LogP contribution < -0.4 is 10.1 Å². The third kappa shape index (κ3) is 5.60. The van der Waals surface area contributed by atoms with Crippen LogP contribution in [0.3, 0.4) is 0 Å². The van der Waals surface area contributed by atoms with Crippen molar-refractivity contribution in [2.75, 3.05) is 38.1 Å². The fourth-order valence-corrected chi connectivity index (χ4v) is 7.18. The molecule has 3 aromatic carbocycles. The quantitative estimate of drug-likeness (QED) is 0.299. The van der Waals surface area contributed by atoms with E-state index in [1.54, 1.807) is 0 Å². The van der Waals surface area contributed by atoms with Crippen LogP contribution >= 0.6 is 0 Å². The highest BCUT2D eigenvalue weighted by molar-refractivity contribution is 5.71. The molecule has 39 heavy (non-hydrogen) atoms. The van der Waals surface area contributed by atoms with Crippen LogP contribution in [0.5, 0.6) is 5.75 Å². The maximum absolute atomic E-state index is 6.75. The van der Waals surface area contributed by atoms with Gasteiger partial charge < -0.3 is 14.8 Å². The average Bonchev–Trinajstić information content (AvgIpc) is 3.59. The second kappa shape index (κ2) is 11.3. The summed E-state index contributed by atoms with van der Waals surface area (Å²) in [6, 6.07) is 21.2. The number of piperidine rings is 1. The maximum atomic E-state index is 6.75. The van der Waals surface area contributed by atoms with Crippen molar-refractivity contribution in [3.63, 3.8) is 0 Å². The smallest absolute Gasteiger partial charge is 0.127 e. The normalized spacial score (nSPS) is 21.0. The highest BCUT2D eigenvalue weighted by atomic mass is 16.5. The second-order valence-electron chi connectivity index (χ2n) is 12.3. The first-order valence-corrected chi connectivity index (χ1v) is 15.0. The van der Waals surface area contributed by atoms with Crippen LogP contribution in [0.2, 0.25) is 0 Å². The van der Waals surface area contributed by atoms with Gasteiger partial charge in [-0.05, 0) is 99.7 Å². The summed E-state index contributed by atoms with van der Waals surface area (Å²) in [6.07, 6.45) is 7.07. The van der Waals surface area contributed by atoms with Crippen molar-refractivity contribution in [1.82, 2.24) is 4.90 Å². The van der Waals surface area contributed by atoms with Gasteiger partial charge in [-0.25, -0.2) is 0 Å². The van der Waals surface area contributed by atoms with Crippen molar-refractivity contribution in [3.8, 4) is 5.75 Å². The molecule has 1 saturated heterocycles. The molecule has 0 aliphatic carbocycles. The van der Waals surface area contributed by atoms with Gasteiger partial charge in [0.15, 0.2) is 0 Å². The topological polar surface area (TPSA) is 33.7 Å². The number of nitrogens with one attached hydrogen (secondary N) is 1. The highest BCUT2D eigenvalue weighted by Crippen LogP contribution is 2.46. The van der Waals surface area contributed by atoms with Gasteiger partial charge in [0.1, 0.15) is 17.5 Å². The lowest BCUT2D eigenvalue weighted by Gasteiger charge is -2.37. The van der Waals surface area contributed by atoms with Crippen LogP contribution in [0.1, 0.15) is 72.1 Å². The fraction of sp³-hybridized carbons (Fsp3) is 0.486. The molecule has 0 radical (unpaired) electrons. The van der Waals surface area contributed by atoms with Gasteiger partial charge in [0.05, 0.1) is 0 Å². The second-order valence-corrected chi connectivity index (χ2v) is 12.3. The summed E-state index contributed by atoms with van der Waals surface area (Å²) in [4.78, 5) is 2.65. The first kappa shape index (κ1) is 26.4. The first-order chi connectivity index (χ1) is 19.0. The summed E-state index contributed by atoms with van der Waals surface area (Å²) >= 11 is 0. The predicted molar refractivity (Wildman–Crippen MR) is 160 cm³/mol. The van der Waals surface area contributed by atoms with E-state index in [9.17, 15) is 0 Å². The van der Waals surface area contributed by atoms with Crippen LogP contribution in [-0.4, -0.2) is 43.3 Å². The first-order valence-electron chi connectivity index (χ1n) is 15.0. The summed E-state index contributed by atoms with van der Waals surface area (Å²) in [6.45, 7) is 12.1. The Morgan fingerprint density at radius 2 is 1.62 bits per heavy atom. The highest BCUT2D eigenvalue weighted by Gasteiger charge is 2.40. The number of anilines is 1.